The second-order valence-corrected chi connectivity index (χ2v) is 6.49. The van der Waals surface area contributed by atoms with Crippen molar-refractivity contribution in [3.05, 3.63) is 59.4 Å². The van der Waals surface area contributed by atoms with E-state index in [9.17, 15) is 4.79 Å². The Hall–Kier alpha value is -2.36. The Kier molecular flexibility index (Phi) is 5.14. The van der Waals surface area contributed by atoms with Crippen LogP contribution in [-0.4, -0.2) is 42.0 Å². The summed E-state index contributed by atoms with van der Waals surface area (Å²) in [6, 6.07) is 13.0. The molecule has 126 valence electrons. The minimum absolute atomic E-state index is 0.166. The van der Waals surface area contributed by atoms with Gasteiger partial charge in [0, 0.05) is 38.8 Å². The fraction of sp³-hybridized carbons (Fsp3) is 0.400. The van der Waals surface area contributed by atoms with E-state index in [-0.39, 0.29) is 5.91 Å². The van der Waals surface area contributed by atoms with Gasteiger partial charge in [-0.25, -0.2) is 0 Å². The SMILES string of the molecule is CC(=O)N1CCN(c2ccc(CCc3ccc(C)cc3)nc2)CC1. The van der Waals surface area contributed by atoms with Crippen LogP contribution in [0.15, 0.2) is 42.6 Å². The Labute approximate surface area is 144 Å². The van der Waals surface area contributed by atoms with Crippen LogP contribution in [0, 0.1) is 6.92 Å². The van der Waals surface area contributed by atoms with Crippen molar-refractivity contribution in [1.29, 1.82) is 0 Å². The van der Waals surface area contributed by atoms with Crippen LogP contribution >= 0.6 is 0 Å². The summed E-state index contributed by atoms with van der Waals surface area (Å²) in [6.45, 7) is 7.10. The number of aryl methyl sites for hydroxylation is 3. The lowest BCUT2D eigenvalue weighted by Gasteiger charge is -2.35. The van der Waals surface area contributed by atoms with Crippen LogP contribution in [-0.2, 0) is 17.6 Å². The maximum atomic E-state index is 11.4. The second kappa shape index (κ2) is 7.47. The molecule has 24 heavy (non-hydrogen) atoms. The molecule has 0 N–H and O–H groups in total. The van der Waals surface area contributed by atoms with E-state index < -0.39 is 0 Å². The zero-order valence-electron chi connectivity index (χ0n) is 14.5. The summed E-state index contributed by atoms with van der Waals surface area (Å²) < 4.78 is 0. The van der Waals surface area contributed by atoms with Gasteiger partial charge in [-0.1, -0.05) is 29.8 Å². The molecule has 0 bridgehead atoms. The first kappa shape index (κ1) is 16.5. The maximum absolute atomic E-state index is 11.4. The summed E-state index contributed by atoms with van der Waals surface area (Å²) >= 11 is 0. The minimum atomic E-state index is 0.166. The molecule has 1 aromatic carbocycles. The number of carbonyl (C=O) groups excluding carboxylic acids is 1. The van der Waals surface area contributed by atoms with Crippen LogP contribution in [0.2, 0.25) is 0 Å². The van der Waals surface area contributed by atoms with Gasteiger partial charge in [0.1, 0.15) is 0 Å². The van der Waals surface area contributed by atoms with Gasteiger partial charge in [-0.05, 0) is 37.5 Å². The molecule has 3 rings (SSSR count). The first-order valence-corrected chi connectivity index (χ1v) is 8.63. The van der Waals surface area contributed by atoms with Gasteiger partial charge in [0.05, 0.1) is 11.9 Å². The fourth-order valence-corrected chi connectivity index (χ4v) is 3.06. The van der Waals surface area contributed by atoms with Crippen LogP contribution in [0.4, 0.5) is 5.69 Å². The van der Waals surface area contributed by atoms with E-state index in [1.807, 2.05) is 11.1 Å². The zero-order valence-corrected chi connectivity index (χ0v) is 14.5. The molecule has 0 unspecified atom stereocenters. The smallest absolute Gasteiger partial charge is 0.219 e. The van der Waals surface area contributed by atoms with E-state index in [4.69, 9.17) is 0 Å². The quantitative estimate of drug-likeness (QED) is 0.868. The van der Waals surface area contributed by atoms with E-state index >= 15 is 0 Å². The Balaban J connectivity index is 1.54. The summed E-state index contributed by atoms with van der Waals surface area (Å²) in [5.41, 5.74) is 4.93. The van der Waals surface area contributed by atoms with Gasteiger partial charge in [0.15, 0.2) is 0 Å². The maximum Gasteiger partial charge on any atom is 0.219 e. The van der Waals surface area contributed by atoms with Crippen LogP contribution < -0.4 is 4.90 Å². The molecule has 2 heterocycles. The number of anilines is 1. The average molecular weight is 323 g/mol. The predicted octanol–water partition coefficient (Wildman–Crippen LogP) is 2.84. The average Bonchev–Trinajstić information content (AvgIpc) is 2.62. The number of carbonyl (C=O) groups is 1. The van der Waals surface area contributed by atoms with Gasteiger partial charge in [-0.3, -0.25) is 9.78 Å². The number of hydrogen-bond acceptors (Lipinski definition) is 3. The fourth-order valence-electron chi connectivity index (χ4n) is 3.06. The van der Waals surface area contributed by atoms with E-state index in [0.29, 0.717) is 0 Å². The summed E-state index contributed by atoms with van der Waals surface area (Å²) in [6.07, 6.45) is 3.94. The Morgan fingerprint density at radius 3 is 2.29 bits per heavy atom. The lowest BCUT2D eigenvalue weighted by molar-refractivity contribution is -0.129. The highest BCUT2D eigenvalue weighted by molar-refractivity contribution is 5.73. The molecule has 0 radical (unpaired) electrons. The molecule has 1 saturated heterocycles. The summed E-state index contributed by atoms with van der Waals surface area (Å²) in [7, 11) is 0. The number of hydrogen-bond donors (Lipinski definition) is 0. The second-order valence-electron chi connectivity index (χ2n) is 6.49. The van der Waals surface area contributed by atoms with E-state index in [1.165, 1.54) is 11.1 Å². The normalized spacial score (nSPS) is 14.8. The molecule has 4 heteroatoms. The van der Waals surface area contributed by atoms with Crippen molar-refractivity contribution < 1.29 is 4.79 Å². The third-order valence-corrected chi connectivity index (χ3v) is 4.69. The molecular weight excluding hydrogens is 298 g/mol. The van der Waals surface area contributed by atoms with Crippen LogP contribution in [0.1, 0.15) is 23.7 Å². The molecule has 2 aromatic rings. The largest absolute Gasteiger partial charge is 0.367 e. The van der Waals surface area contributed by atoms with Crippen molar-refractivity contribution in [2.75, 3.05) is 31.1 Å². The molecule has 1 fully saturated rings. The highest BCUT2D eigenvalue weighted by Crippen LogP contribution is 2.16. The van der Waals surface area contributed by atoms with Gasteiger partial charge in [-0.2, -0.15) is 0 Å². The number of aromatic nitrogens is 1. The summed E-state index contributed by atoms with van der Waals surface area (Å²) in [5, 5.41) is 0. The zero-order chi connectivity index (χ0) is 16.9. The Bertz CT molecular complexity index is 671. The number of nitrogens with zero attached hydrogens (tertiary/aromatic N) is 3. The lowest BCUT2D eigenvalue weighted by Crippen LogP contribution is -2.48. The van der Waals surface area contributed by atoms with Crippen molar-refractivity contribution in [1.82, 2.24) is 9.88 Å². The number of rotatable bonds is 4. The minimum Gasteiger partial charge on any atom is -0.367 e. The standard InChI is InChI=1S/C20H25N3O/c1-16-3-5-18(6-4-16)7-8-19-9-10-20(15-21-19)23-13-11-22(12-14-23)17(2)24/h3-6,9-10,15H,7-8,11-14H2,1-2H3. The van der Waals surface area contributed by atoms with Crippen molar-refractivity contribution in [3.8, 4) is 0 Å². The van der Waals surface area contributed by atoms with Crippen LogP contribution in [0.3, 0.4) is 0 Å². The first-order chi connectivity index (χ1) is 11.6. The number of amides is 1. The molecule has 0 saturated carbocycles. The van der Waals surface area contributed by atoms with Crippen molar-refractivity contribution in [3.63, 3.8) is 0 Å². The third kappa shape index (κ3) is 4.13. The molecule has 0 spiro atoms. The van der Waals surface area contributed by atoms with E-state index in [2.05, 4.69) is 53.2 Å². The van der Waals surface area contributed by atoms with Crippen molar-refractivity contribution in [2.24, 2.45) is 0 Å². The number of piperazine rings is 1. The molecule has 1 aliphatic heterocycles. The summed E-state index contributed by atoms with van der Waals surface area (Å²) in [4.78, 5) is 20.2. The number of benzene rings is 1. The molecule has 0 aliphatic carbocycles. The summed E-state index contributed by atoms with van der Waals surface area (Å²) in [5.74, 6) is 0.166. The topological polar surface area (TPSA) is 36.4 Å². The van der Waals surface area contributed by atoms with Gasteiger partial charge >= 0.3 is 0 Å². The monoisotopic (exact) mass is 323 g/mol. The Morgan fingerprint density at radius 2 is 1.71 bits per heavy atom. The van der Waals surface area contributed by atoms with E-state index in [1.54, 1.807) is 6.92 Å². The lowest BCUT2D eigenvalue weighted by atomic mass is 10.1. The van der Waals surface area contributed by atoms with Gasteiger partial charge in [0.2, 0.25) is 5.91 Å². The van der Waals surface area contributed by atoms with Crippen molar-refractivity contribution in [2.45, 2.75) is 26.7 Å². The molecule has 0 atom stereocenters. The predicted molar refractivity (Wildman–Crippen MR) is 97.3 cm³/mol. The van der Waals surface area contributed by atoms with Crippen molar-refractivity contribution >= 4 is 11.6 Å². The molecular formula is C20H25N3O. The molecule has 1 amide bonds. The molecule has 1 aliphatic rings. The highest BCUT2D eigenvalue weighted by Gasteiger charge is 2.18. The molecule has 4 nitrogen and oxygen atoms in total. The van der Waals surface area contributed by atoms with Gasteiger partial charge in [0.25, 0.3) is 0 Å². The highest BCUT2D eigenvalue weighted by atomic mass is 16.2. The molecule has 1 aromatic heterocycles. The third-order valence-electron chi connectivity index (χ3n) is 4.69. The first-order valence-electron chi connectivity index (χ1n) is 8.63. The number of pyridine rings is 1. The van der Waals surface area contributed by atoms with E-state index in [0.717, 1.165) is 50.4 Å². The van der Waals surface area contributed by atoms with Crippen LogP contribution in [0.5, 0.6) is 0 Å². The van der Waals surface area contributed by atoms with Gasteiger partial charge < -0.3 is 9.80 Å². The van der Waals surface area contributed by atoms with Gasteiger partial charge in [-0.15, -0.1) is 0 Å². The Morgan fingerprint density at radius 1 is 1.00 bits per heavy atom. The van der Waals surface area contributed by atoms with Crippen LogP contribution in [0.25, 0.3) is 0 Å².